The number of aromatic nitrogens is 2. The summed E-state index contributed by atoms with van der Waals surface area (Å²) < 4.78 is 6.49. The fraction of sp³-hybridized carbons (Fsp3) is 0.0556. The number of anilines is 1. The molecule has 4 rings (SSSR count). The minimum Gasteiger partial charge on any atom is -0.402 e. The van der Waals surface area contributed by atoms with E-state index in [9.17, 15) is 4.79 Å². The molecule has 25 heavy (non-hydrogen) atoms. The molecule has 5 nitrogen and oxygen atoms in total. The van der Waals surface area contributed by atoms with Crippen LogP contribution in [0.25, 0.3) is 21.5 Å². The second-order valence-electron chi connectivity index (χ2n) is 5.38. The predicted molar refractivity (Wildman–Crippen MR) is 102 cm³/mol. The van der Waals surface area contributed by atoms with Crippen LogP contribution in [0.5, 0.6) is 0 Å². The number of carbonyl (C=O) groups is 1. The lowest BCUT2D eigenvalue weighted by atomic mass is 10.0. The van der Waals surface area contributed by atoms with E-state index in [2.05, 4.69) is 31.4 Å². The maximum absolute atomic E-state index is 12.3. The van der Waals surface area contributed by atoms with Gasteiger partial charge >= 0.3 is 6.01 Å². The zero-order chi connectivity index (χ0) is 17.2. The summed E-state index contributed by atoms with van der Waals surface area (Å²) in [6, 6.07) is 17.8. The highest BCUT2D eigenvalue weighted by Crippen LogP contribution is 2.31. The lowest BCUT2D eigenvalue weighted by molar-refractivity contribution is -0.115. The Hall–Kier alpha value is -2.51. The van der Waals surface area contributed by atoms with Crippen molar-refractivity contribution < 1.29 is 9.21 Å². The summed E-state index contributed by atoms with van der Waals surface area (Å²) in [5.41, 5.74) is 0.956. The summed E-state index contributed by atoms with van der Waals surface area (Å²) >= 11 is 4.88. The number of hydrogen-bond acceptors (Lipinski definition) is 5. The first-order valence-corrected chi connectivity index (χ1v) is 9.16. The lowest BCUT2D eigenvalue weighted by Crippen LogP contribution is -2.14. The average molecular weight is 414 g/mol. The van der Waals surface area contributed by atoms with Gasteiger partial charge in [0.25, 0.3) is 5.89 Å². The number of fused-ring (bicyclic) bond motifs is 1. The number of amides is 1. The third-order valence-electron chi connectivity index (χ3n) is 3.69. The molecule has 1 amide bonds. The lowest BCUT2D eigenvalue weighted by Gasteiger charge is -2.05. The van der Waals surface area contributed by atoms with E-state index in [-0.39, 0.29) is 18.3 Å². The summed E-state index contributed by atoms with van der Waals surface area (Å²) in [4.78, 5) is 13.2. The van der Waals surface area contributed by atoms with Crippen LogP contribution < -0.4 is 5.32 Å². The Morgan fingerprint density at radius 3 is 2.76 bits per heavy atom. The van der Waals surface area contributed by atoms with Crippen molar-refractivity contribution in [3.8, 4) is 10.8 Å². The highest BCUT2D eigenvalue weighted by atomic mass is 79.9. The zero-order valence-electron chi connectivity index (χ0n) is 12.9. The molecule has 0 atom stereocenters. The Morgan fingerprint density at radius 2 is 1.92 bits per heavy atom. The molecule has 0 unspecified atom stereocenters. The van der Waals surface area contributed by atoms with Crippen molar-refractivity contribution in [3.63, 3.8) is 0 Å². The van der Waals surface area contributed by atoms with Gasteiger partial charge in [0.15, 0.2) is 0 Å². The third kappa shape index (κ3) is 3.47. The van der Waals surface area contributed by atoms with E-state index in [1.165, 1.54) is 11.3 Å². The van der Waals surface area contributed by atoms with Gasteiger partial charge in [-0.2, -0.15) is 0 Å². The van der Waals surface area contributed by atoms with Gasteiger partial charge in [0, 0.05) is 0 Å². The number of nitrogens with zero attached hydrogens (tertiary/aromatic N) is 2. The summed E-state index contributed by atoms with van der Waals surface area (Å²) in [6.07, 6.45) is 0.240. The van der Waals surface area contributed by atoms with E-state index in [1.54, 1.807) is 0 Å². The number of halogens is 1. The molecule has 0 aliphatic heterocycles. The number of hydrogen-bond donors (Lipinski definition) is 1. The molecule has 0 radical (unpaired) electrons. The molecule has 2 aromatic carbocycles. The smallest absolute Gasteiger partial charge is 0.322 e. The molecule has 7 heteroatoms. The summed E-state index contributed by atoms with van der Waals surface area (Å²) in [5.74, 6) is 0.190. The highest BCUT2D eigenvalue weighted by Gasteiger charge is 2.14. The van der Waals surface area contributed by atoms with Gasteiger partial charge in [-0.1, -0.05) is 47.6 Å². The first-order valence-electron chi connectivity index (χ1n) is 7.55. The quantitative estimate of drug-likeness (QED) is 0.516. The van der Waals surface area contributed by atoms with Gasteiger partial charge in [-0.05, 0) is 44.4 Å². The number of carbonyl (C=O) groups excluding carboxylic acids is 1. The minimum absolute atomic E-state index is 0.102. The molecule has 0 saturated heterocycles. The van der Waals surface area contributed by atoms with Crippen molar-refractivity contribution in [1.29, 1.82) is 0 Å². The van der Waals surface area contributed by atoms with Crippen molar-refractivity contribution in [2.45, 2.75) is 6.42 Å². The highest BCUT2D eigenvalue weighted by molar-refractivity contribution is 9.11. The molecule has 0 fully saturated rings. The molecule has 0 aliphatic rings. The number of thiophene rings is 1. The van der Waals surface area contributed by atoms with Gasteiger partial charge in [0.2, 0.25) is 5.91 Å². The maximum atomic E-state index is 12.3. The van der Waals surface area contributed by atoms with Crippen LogP contribution in [0.2, 0.25) is 0 Å². The summed E-state index contributed by atoms with van der Waals surface area (Å²) in [6.45, 7) is 0. The predicted octanol–water partition coefficient (Wildman–Crippen LogP) is 4.90. The molecule has 4 aromatic rings. The topological polar surface area (TPSA) is 68.0 Å². The van der Waals surface area contributed by atoms with Gasteiger partial charge in [-0.3, -0.25) is 10.1 Å². The van der Waals surface area contributed by atoms with Crippen LogP contribution >= 0.6 is 27.3 Å². The van der Waals surface area contributed by atoms with Crippen molar-refractivity contribution in [1.82, 2.24) is 10.2 Å². The van der Waals surface area contributed by atoms with Gasteiger partial charge in [-0.15, -0.1) is 16.4 Å². The maximum Gasteiger partial charge on any atom is 0.322 e. The molecule has 2 heterocycles. The van der Waals surface area contributed by atoms with E-state index in [1.807, 2.05) is 54.6 Å². The largest absolute Gasteiger partial charge is 0.402 e. The number of nitrogens with one attached hydrogen (secondary N) is 1. The standard InChI is InChI=1S/C18H12BrN3O2S/c19-15-9-8-14(25-15)17-21-22-18(24-17)20-16(23)10-12-6-3-5-11-4-1-2-7-13(11)12/h1-9H,10H2,(H,20,22,23). The van der Waals surface area contributed by atoms with Gasteiger partial charge in [-0.25, -0.2) is 0 Å². The van der Waals surface area contributed by atoms with Crippen LogP contribution in [-0.4, -0.2) is 16.1 Å². The molecule has 0 spiro atoms. The minimum atomic E-state index is -0.195. The van der Waals surface area contributed by atoms with E-state index in [4.69, 9.17) is 4.42 Å². The van der Waals surface area contributed by atoms with E-state index in [0.29, 0.717) is 5.89 Å². The Bertz CT molecular complexity index is 1050. The Kier molecular flexibility index (Phi) is 4.33. The normalized spacial score (nSPS) is 10.9. The molecular formula is C18H12BrN3O2S. The van der Waals surface area contributed by atoms with Gasteiger partial charge < -0.3 is 4.42 Å². The van der Waals surface area contributed by atoms with Crippen LogP contribution in [0.15, 0.2) is 62.8 Å². The second kappa shape index (κ2) is 6.78. The van der Waals surface area contributed by atoms with Crippen LogP contribution in [0.4, 0.5) is 6.01 Å². The van der Waals surface area contributed by atoms with Crippen LogP contribution in [0.3, 0.4) is 0 Å². The summed E-state index contributed by atoms with van der Waals surface area (Å²) in [7, 11) is 0. The fourth-order valence-corrected chi connectivity index (χ4v) is 3.89. The van der Waals surface area contributed by atoms with Crippen molar-refractivity contribution in [2.75, 3.05) is 5.32 Å². The molecule has 0 bridgehead atoms. The number of benzene rings is 2. The monoisotopic (exact) mass is 413 g/mol. The van der Waals surface area contributed by atoms with E-state index in [0.717, 1.165) is 25.0 Å². The van der Waals surface area contributed by atoms with E-state index < -0.39 is 0 Å². The second-order valence-corrected chi connectivity index (χ2v) is 7.84. The van der Waals surface area contributed by atoms with Gasteiger partial charge in [0.05, 0.1) is 15.1 Å². The molecule has 0 saturated carbocycles. The van der Waals surface area contributed by atoms with Crippen molar-refractivity contribution in [2.24, 2.45) is 0 Å². The molecule has 0 aliphatic carbocycles. The number of rotatable bonds is 4. The van der Waals surface area contributed by atoms with Crippen molar-refractivity contribution in [3.05, 3.63) is 63.9 Å². The summed E-state index contributed by atoms with van der Waals surface area (Å²) in [5, 5.41) is 12.7. The molecule has 2 aromatic heterocycles. The average Bonchev–Trinajstić information content (AvgIpc) is 3.24. The third-order valence-corrected chi connectivity index (χ3v) is 5.30. The zero-order valence-corrected chi connectivity index (χ0v) is 15.3. The molecular weight excluding hydrogens is 402 g/mol. The van der Waals surface area contributed by atoms with Crippen LogP contribution in [-0.2, 0) is 11.2 Å². The van der Waals surface area contributed by atoms with Crippen LogP contribution in [0, 0.1) is 0 Å². The Labute approximate surface area is 155 Å². The molecule has 1 N–H and O–H groups in total. The first-order chi connectivity index (χ1) is 12.2. The SMILES string of the molecule is O=C(Cc1cccc2ccccc12)Nc1nnc(-c2ccc(Br)s2)o1. The first kappa shape index (κ1) is 16.0. The van der Waals surface area contributed by atoms with Gasteiger partial charge in [0.1, 0.15) is 0 Å². The van der Waals surface area contributed by atoms with Crippen molar-refractivity contribution >= 4 is 50.0 Å². The Morgan fingerprint density at radius 1 is 1.08 bits per heavy atom. The van der Waals surface area contributed by atoms with E-state index >= 15 is 0 Å². The Balaban J connectivity index is 1.50. The van der Waals surface area contributed by atoms with Crippen LogP contribution in [0.1, 0.15) is 5.56 Å². The fourth-order valence-electron chi connectivity index (χ4n) is 2.59. The molecule has 124 valence electrons.